The van der Waals surface area contributed by atoms with Crippen LogP contribution in [0.25, 0.3) is 0 Å². The number of rotatable bonds is 7. The molecule has 1 aromatic carbocycles. The standard InChI is InChI=1S/C18H23NO5/c1-12(2)9-16(18(21)23-4)19-11-15(10-17(19)20)24-14-7-5-13(22-3)6-8-14/h5-8,10,12,16H,9,11H2,1-4H3. The molecule has 1 unspecified atom stereocenters. The van der Waals surface area contributed by atoms with Gasteiger partial charge in [0.15, 0.2) is 0 Å². The van der Waals surface area contributed by atoms with E-state index in [1.54, 1.807) is 31.4 Å². The zero-order valence-corrected chi connectivity index (χ0v) is 14.4. The Labute approximate surface area is 142 Å². The molecule has 0 N–H and O–H groups in total. The molecule has 0 aromatic heterocycles. The number of esters is 1. The van der Waals surface area contributed by atoms with Crippen molar-refractivity contribution in [2.24, 2.45) is 5.92 Å². The molecule has 1 atom stereocenters. The van der Waals surface area contributed by atoms with Crippen LogP contribution in [0.2, 0.25) is 0 Å². The molecule has 1 amide bonds. The first-order chi connectivity index (χ1) is 11.4. The van der Waals surface area contributed by atoms with Gasteiger partial charge in [-0.15, -0.1) is 0 Å². The summed E-state index contributed by atoms with van der Waals surface area (Å²) in [5.74, 6) is 1.44. The lowest BCUT2D eigenvalue weighted by Gasteiger charge is -2.27. The predicted octanol–water partition coefficient (Wildman–Crippen LogP) is 2.39. The van der Waals surface area contributed by atoms with Gasteiger partial charge in [0.1, 0.15) is 23.3 Å². The van der Waals surface area contributed by atoms with Crippen molar-refractivity contribution in [1.29, 1.82) is 0 Å². The summed E-state index contributed by atoms with van der Waals surface area (Å²) in [6, 6.07) is 6.48. The smallest absolute Gasteiger partial charge is 0.328 e. The minimum Gasteiger partial charge on any atom is -0.497 e. The van der Waals surface area contributed by atoms with Crippen molar-refractivity contribution in [3.05, 3.63) is 36.1 Å². The van der Waals surface area contributed by atoms with E-state index in [1.165, 1.54) is 18.1 Å². The fourth-order valence-corrected chi connectivity index (χ4v) is 2.57. The highest BCUT2D eigenvalue weighted by Gasteiger charge is 2.35. The van der Waals surface area contributed by atoms with Crippen LogP contribution in [0.3, 0.4) is 0 Å². The number of carbonyl (C=O) groups is 2. The third kappa shape index (κ3) is 4.28. The Kier molecular flexibility index (Phi) is 5.84. The summed E-state index contributed by atoms with van der Waals surface area (Å²) in [6.45, 7) is 4.24. The van der Waals surface area contributed by atoms with E-state index in [1.807, 2.05) is 13.8 Å². The normalized spacial score (nSPS) is 15.3. The van der Waals surface area contributed by atoms with Gasteiger partial charge in [0.25, 0.3) is 5.91 Å². The van der Waals surface area contributed by atoms with Gasteiger partial charge < -0.3 is 19.1 Å². The monoisotopic (exact) mass is 333 g/mol. The molecular weight excluding hydrogens is 310 g/mol. The highest BCUT2D eigenvalue weighted by Crippen LogP contribution is 2.24. The average Bonchev–Trinajstić information content (AvgIpc) is 2.92. The minimum absolute atomic E-state index is 0.241. The van der Waals surface area contributed by atoms with Gasteiger partial charge >= 0.3 is 5.97 Å². The number of hydrogen-bond acceptors (Lipinski definition) is 5. The molecule has 2 rings (SSSR count). The highest BCUT2D eigenvalue weighted by molar-refractivity contribution is 5.94. The number of carbonyl (C=O) groups excluding carboxylic acids is 2. The quantitative estimate of drug-likeness (QED) is 0.717. The van der Waals surface area contributed by atoms with Crippen LogP contribution in [-0.2, 0) is 14.3 Å². The molecule has 1 heterocycles. The van der Waals surface area contributed by atoms with Gasteiger partial charge in [-0.25, -0.2) is 4.79 Å². The second-order valence-electron chi connectivity index (χ2n) is 6.02. The van der Waals surface area contributed by atoms with Crippen LogP contribution in [0.4, 0.5) is 0 Å². The van der Waals surface area contributed by atoms with Crippen molar-refractivity contribution in [2.75, 3.05) is 20.8 Å². The Morgan fingerprint density at radius 1 is 1.17 bits per heavy atom. The maximum Gasteiger partial charge on any atom is 0.328 e. The minimum atomic E-state index is -0.601. The van der Waals surface area contributed by atoms with Crippen LogP contribution in [-0.4, -0.2) is 43.6 Å². The van der Waals surface area contributed by atoms with Crippen LogP contribution in [0, 0.1) is 5.92 Å². The Morgan fingerprint density at radius 2 is 1.79 bits per heavy atom. The summed E-state index contributed by atoms with van der Waals surface area (Å²) in [5.41, 5.74) is 0. The van der Waals surface area contributed by atoms with Crippen molar-refractivity contribution in [1.82, 2.24) is 4.90 Å². The molecule has 0 spiro atoms. The molecule has 0 saturated carbocycles. The van der Waals surface area contributed by atoms with Crippen LogP contribution in [0.1, 0.15) is 20.3 Å². The van der Waals surface area contributed by atoms with Crippen LogP contribution in [0.15, 0.2) is 36.1 Å². The molecule has 1 aliphatic heterocycles. The van der Waals surface area contributed by atoms with E-state index in [4.69, 9.17) is 14.2 Å². The zero-order valence-electron chi connectivity index (χ0n) is 14.4. The van der Waals surface area contributed by atoms with Crippen molar-refractivity contribution in [2.45, 2.75) is 26.3 Å². The molecule has 1 aliphatic rings. The molecule has 0 radical (unpaired) electrons. The van der Waals surface area contributed by atoms with Gasteiger partial charge in [0.05, 0.1) is 20.8 Å². The molecule has 24 heavy (non-hydrogen) atoms. The lowest BCUT2D eigenvalue weighted by molar-refractivity contribution is -0.151. The first-order valence-corrected chi connectivity index (χ1v) is 7.85. The number of methoxy groups -OCH3 is 2. The first kappa shape index (κ1) is 17.8. The first-order valence-electron chi connectivity index (χ1n) is 7.85. The van der Waals surface area contributed by atoms with E-state index in [0.29, 0.717) is 17.9 Å². The molecule has 6 heteroatoms. The maximum absolute atomic E-state index is 12.3. The topological polar surface area (TPSA) is 65.1 Å². The Balaban J connectivity index is 2.06. The SMILES string of the molecule is COC(=O)C(CC(C)C)N1CC(Oc2ccc(OC)cc2)=CC1=O. The molecule has 0 saturated heterocycles. The number of benzene rings is 1. The van der Waals surface area contributed by atoms with Gasteiger partial charge in [-0.3, -0.25) is 4.79 Å². The van der Waals surface area contributed by atoms with Crippen molar-refractivity contribution in [3.63, 3.8) is 0 Å². The van der Waals surface area contributed by atoms with Crippen LogP contribution in [0.5, 0.6) is 11.5 Å². The highest BCUT2D eigenvalue weighted by atomic mass is 16.5. The van der Waals surface area contributed by atoms with Crippen molar-refractivity contribution in [3.8, 4) is 11.5 Å². The summed E-state index contributed by atoms with van der Waals surface area (Å²) >= 11 is 0. The fourth-order valence-electron chi connectivity index (χ4n) is 2.57. The number of hydrogen-bond donors (Lipinski definition) is 0. The number of ether oxygens (including phenoxy) is 3. The van der Waals surface area contributed by atoms with Crippen molar-refractivity contribution < 1.29 is 23.8 Å². The van der Waals surface area contributed by atoms with Gasteiger partial charge in [-0.2, -0.15) is 0 Å². The third-order valence-corrected chi connectivity index (χ3v) is 3.75. The largest absolute Gasteiger partial charge is 0.497 e. The number of nitrogens with zero attached hydrogens (tertiary/aromatic N) is 1. The van der Waals surface area contributed by atoms with E-state index in [0.717, 1.165) is 5.75 Å². The number of amides is 1. The van der Waals surface area contributed by atoms with Gasteiger partial charge in [0.2, 0.25) is 0 Å². The second-order valence-corrected chi connectivity index (χ2v) is 6.02. The molecule has 1 aromatic rings. The summed E-state index contributed by atoms with van der Waals surface area (Å²) in [5, 5.41) is 0. The lowest BCUT2D eigenvalue weighted by Crippen LogP contribution is -2.44. The van der Waals surface area contributed by atoms with E-state index in [9.17, 15) is 9.59 Å². The zero-order chi connectivity index (χ0) is 17.7. The molecule has 0 fully saturated rings. The van der Waals surface area contributed by atoms with E-state index in [-0.39, 0.29) is 18.4 Å². The molecule has 6 nitrogen and oxygen atoms in total. The molecular formula is C18H23NO5. The molecule has 130 valence electrons. The maximum atomic E-state index is 12.3. The second kappa shape index (κ2) is 7.86. The van der Waals surface area contributed by atoms with Crippen LogP contribution >= 0.6 is 0 Å². The summed E-state index contributed by atoms with van der Waals surface area (Å²) in [4.78, 5) is 25.8. The van der Waals surface area contributed by atoms with Gasteiger partial charge in [-0.1, -0.05) is 13.8 Å². The fraction of sp³-hybridized carbons (Fsp3) is 0.444. The van der Waals surface area contributed by atoms with E-state index >= 15 is 0 Å². The van der Waals surface area contributed by atoms with Crippen molar-refractivity contribution >= 4 is 11.9 Å². The van der Waals surface area contributed by atoms with Gasteiger partial charge in [0, 0.05) is 6.08 Å². The third-order valence-electron chi connectivity index (χ3n) is 3.75. The van der Waals surface area contributed by atoms with Gasteiger partial charge in [-0.05, 0) is 36.6 Å². The van der Waals surface area contributed by atoms with E-state index < -0.39 is 12.0 Å². The Bertz CT molecular complexity index is 621. The van der Waals surface area contributed by atoms with E-state index in [2.05, 4.69) is 0 Å². The average molecular weight is 333 g/mol. The Morgan fingerprint density at radius 3 is 2.33 bits per heavy atom. The summed E-state index contributed by atoms with van der Waals surface area (Å²) in [7, 11) is 2.92. The van der Waals surface area contributed by atoms with Crippen LogP contribution < -0.4 is 9.47 Å². The molecule has 0 bridgehead atoms. The molecule has 0 aliphatic carbocycles. The summed E-state index contributed by atoms with van der Waals surface area (Å²) < 4.78 is 15.7. The Hall–Kier alpha value is -2.50. The lowest BCUT2D eigenvalue weighted by atomic mass is 10.0. The summed E-state index contributed by atoms with van der Waals surface area (Å²) in [6.07, 6.45) is 1.96. The predicted molar refractivity (Wildman–Crippen MR) is 88.7 cm³/mol.